The molecule has 0 fully saturated rings. The van der Waals surface area contributed by atoms with Crippen LogP contribution in [0.1, 0.15) is 0 Å². The zero-order chi connectivity index (χ0) is 15.6. The van der Waals surface area contributed by atoms with Gasteiger partial charge in [-0.1, -0.05) is 0 Å². The van der Waals surface area contributed by atoms with Crippen LogP contribution in [-0.4, -0.2) is 26.8 Å². The number of benzene rings is 2. The second kappa shape index (κ2) is 6.20. The number of nitrogen functional groups attached to an aromatic ring is 1. The van der Waals surface area contributed by atoms with E-state index in [1.165, 1.54) is 20.2 Å². The Morgan fingerprint density at radius 1 is 1.10 bits per heavy atom. The fraction of sp³-hybridized carbons (Fsp3) is 0.143. The van der Waals surface area contributed by atoms with Crippen LogP contribution in [0.5, 0.6) is 0 Å². The highest BCUT2D eigenvalue weighted by Crippen LogP contribution is 2.27. The molecule has 0 aliphatic carbocycles. The molecular weight excluding hydrogens is 401 g/mol. The summed E-state index contributed by atoms with van der Waals surface area (Å²) in [5.74, 6) is 0. The van der Waals surface area contributed by atoms with Crippen LogP contribution in [0, 0.1) is 3.57 Å². The molecule has 2 aromatic rings. The van der Waals surface area contributed by atoms with E-state index in [9.17, 15) is 8.42 Å². The molecule has 0 aliphatic rings. The van der Waals surface area contributed by atoms with Gasteiger partial charge < -0.3 is 11.1 Å². The van der Waals surface area contributed by atoms with Crippen molar-refractivity contribution in [2.75, 3.05) is 25.1 Å². The predicted octanol–water partition coefficient (Wildman–Crippen LogP) is 2.87. The van der Waals surface area contributed by atoms with Crippen LogP contribution in [0.25, 0.3) is 0 Å². The third-order valence-electron chi connectivity index (χ3n) is 2.92. The van der Waals surface area contributed by atoms with Crippen molar-refractivity contribution < 1.29 is 8.42 Å². The Morgan fingerprint density at radius 3 is 2.24 bits per heavy atom. The molecule has 7 heteroatoms. The van der Waals surface area contributed by atoms with Crippen LogP contribution in [0.3, 0.4) is 0 Å². The first-order valence-corrected chi connectivity index (χ1v) is 8.67. The Balaban J connectivity index is 2.30. The van der Waals surface area contributed by atoms with Gasteiger partial charge in [0.05, 0.1) is 16.3 Å². The maximum Gasteiger partial charge on any atom is 0.242 e. The van der Waals surface area contributed by atoms with E-state index in [4.69, 9.17) is 5.73 Å². The van der Waals surface area contributed by atoms with Crippen molar-refractivity contribution in [3.05, 3.63) is 46.0 Å². The van der Waals surface area contributed by atoms with Crippen LogP contribution in [0.15, 0.2) is 47.4 Å². The molecule has 0 heterocycles. The van der Waals surface area contributed by atoms with Crippen molar-refractivity contribution in [3.8, 4) is 0 Å². The van der Waals surface area contributed by atoms with Gasteiger partial charge in [-0.2, -0.15) is 0 Å². The largest absolute Gasteiger partial charge is 0.397 e. The molecule has 112 valence electrons. The van der Waals surface area contributed by atoms with E-state index < -0.39 is 10.0 Å². The Morgan fingerprint density at radius 2 is 1.71 bits per heavy atom. The molecule has 0 saturated carbocycles. The van der Waals surface area contributed by atoms with Crippen molar-refractivity contribution in [1.82, 2.24) is 4.31 Å². The maximum absolute atomic E-state index is 12.0. The number of nitrogens with two attached hydrogens (primary N) is 1. The third kappa shape index (κ3) is 3.66. The van der Waals surface area contributed by atoms with Crippen LogP contribution in [0.2, 0.25) is 0 Å². The lowest BCUT2D eigenvalue weighted by Crippen LogP contribution is -2.22. The number of halogens is 1. The lowest BCUT2D eigenvalue weighted by Gasteiger charge is -2.14. The highest BCUT2D eigenvalue weighted by molar-refractivity contribution is 14.1. The molecule has 0 unspecified atom stereocenters. The van der Waals surface area contributed by atoms with Gasteiger partial charge in [-0.05, 0) is 65.1 Å². The van der Waals surface area contributed by atoms with Gasteiger partial charge in [0.1, 0.15) is 0 Å². The number of hydrogen-bond donors (Lipinski definition) is 2. The Hall–Kier alpha value is -1.32. The summed E-state index contributed by atoms with van der Waals surface area (Å²) in [6.07, 6.45) is 0. The molecule has 0 spiro atoms. The summed E-state index contributed by atoms with van der Waals surface area (Å²) in [7, 11) is -0.491. The second-order valence-electron chi connectivity index (χ2n) is 4.67. The van der Waals surface area contributed by atoms with Gasteiger partial charge in [-0.15, -0.1) is 0 Å². The van der Waals surface area contributed by atoms with Crippen LogP contribution >= 0.6 is 22.6 Å². The molecule has 0 saturated heterocycles. The SMILES string of the molecule is CN(C)S(=O)(=O)c1ccc(Nc2ccc(I)cc2)c(N)c1. The third-order valence-corrected chi connectivity index (χ3v) is 5.46. The first-order valence-electron chi connectivity index (χ1n) is 6.15. The van der Waals surface area contributed by atoms with E-state index in [-0.39, 0.29) is 4.90 Å². The summed E-state index contributed by atoms with van der Waals surface area (Å²) < 4.78 is 26.4. The molecule has 0 aliphatic heterocycles. The zero-order valence-corrected chi connectivity index (χ0v) is 14.6. The van der Waals surface area contributed by atoms with Gasteiger partial charge in [-0.25, -0.2) is 12.7 Å². The van der Waals surface area contributed by atoms with Gasteiger partial charge in [0.15, 0.2) is 0 Å². The van der Waals surface area contributed by atoms with Gasteiger partial charge in [0.25, 0.3) is 0 Å². The van der Waals surface area contributed by atoms with Crippen LogP contribution in [-0.2, 0) is 10.0 Å². The first kappa shape index (κ1) is 16.1. The molecule has 0 amide bonds. The Kier molecular flexibility index (Phi) is 4.74. The van der Waals surface area contributed by atoms with Crippen molar-refractivity contribution in [2.45, 2.75) is 4.90 Å². The molecule has 0 bridgehead atoms. The van der Waals surface area contributed by atoms with Gasteiger partial charge in [0, 0.05) is 23.4 Å². The van der Waals surface area contributed by atoms with E-state index >= 15 is 0 Å². The molecule has 2 aromatic carbocycles. The lowest BCUT2D eigenvalue weighted by atomic mass is 10.2. The standard InChI is InChI=1S/C14H16IN3O2S/c1-18(2)21(19,20)12-7-8-14(13(16)9-12)17-11-5-3-10(15)4-6-11/h3-9,17H,16H2,1-2H3. The van der Waals surface area contributed by atoms with Crippen LogP contribution in [0.4, 0.5) is 17.1 Å². The zero-order valence-electron chi connectivity index (χ0n) is 11.7. The number of anilines is 3. The molecule has 0 aromatic heterocycles. The molecular formula is C14H16IN3O2S. The summed E-state index contributed by atoms with van der Waals surface area (Å²) in [6, 6.07) is 12.5. The van der Waals surface area contributed by atoms with Crippen molar-refractivity contribution >= 4 is 49.7 Å². The number of nitrogens with one attached hydrogen (secondary N) is 1. The predicted molar refractivity (Wildman–Crippen MR) is 94.2 cm³/mol. The van der Waals surface area contributed by atoms with E-state index in [0.29, 0.717) is 11.4 Å². The fourth-order valence-corrected chi connectivity index (χ4v) is 3.01. The summed E-state index contributed by atoms with van der Waals surface area (Å²) in [5, 5.41) is 3.17. The average Bonchev–Trinajstić information content (AvgIpc) is 2.43. The van der Waals surface area contributed by atoms with E-state index in [1.54, 1.807) is 12.1 Å². The van der Waals surface area contributed by atoms with Gasteiger partial charge in [0.2, 0.25) is 10.0 Å². The Labute approximate surface area is 138 Å². The highest BCUT2D eigenvalue weighted by Gasteiger charge is 2.18. The lowest BCUT2D eigenvalue weighted by molar-refractivity contribution is 0.521. The maximum atomic E-state index is 12.0. The van der Waals surface area contributed by atoms with Crippen LogP contribution < -0.4 is 11.1 Å². The number of hydrogen-bond acceptors (Lipinski definition) is 4. The van der Waals surface area contributed by atoms with Crippen molar-refractivity contribution in [1.29, 1.82) is 0 Å². The number of sulfonamides is 1. The van der Waals surface area contributed by atoms with Crippen molar-refractivity contribution in [3.63, 3.8) is 0 Å². The molecule has 21 heavy (non-hydrogen) atoms. The summed E-state index contributed by atoms with van der Waals surface area (Å²) >= 11 is 2.23. The fourth-order valence-electron chi connectivity index (χ4n) is 1.71. The molecule has 3 N–H and O–H groups in total. The molecule has 2 rings (SSSR count). The Bertz CT molecular complexity index is 743. The minimum Gasteiger partial charge on any atom is -0.397 e. The van der Waals surface area contributed by atoms with E-state index in [0.717, 1.165) is 13.6 Å². The molecule has 0 atom stereocenters. The average molecular weight is 417 g/mol. The summed E-state index contributed by atoms with van der Waals surface area (Å²) in [6.45, 7) is 0. The minimum absolute atomic E-state index is 0.179. The van der Waals surface area contributed by atoms with Gasteiger partial charge >= 0.3 is 0 Å². The normalized spacial score (nSPS) is 11.6. The van der Waals surface area contributed by atoms with Crippen molar-refractivity contribution in [2.24, 2.45) is 0 Å². The summed E-state index contributed by atoms with van der Waals surface area (Å²) in [5.41, 5.74) is 7.90. The highest BCUT2D eigenvalue weighted by atomic mass is 127. The second-order valence-corrected chi connectivity index (χ2v) is 8.07. The minimum atomic E-state index is -3.47. The molecule has 0 radical (unpaired) electrons. The van der Waals surface area contributed by atoms with E-state index in [1.807, 2.05) is 24.3 Å². The quantitative estimate of drug-likeness (QED) is 0.593. The summed E-state index contributed by atoms with van der Waals surface area (Å²) in [4.78, 5) is 0.179. The first-order chi connectivity index (χ1) is 9.80. The number of rotatable bonds is 4. The topological polar surface area (TPSA) is 75.4 Å². The smallest absolute Gasteiger partial charge is 0.242 e. The van der Waals surface area contributed by atoms with Gasteiger partial charge in [-0.3, -0.25) is 0 Å². The van der Waals surface area contributed by atoms with E-state index in [2.05, 4.69) is 27.9 Å². The molecule has 5 nitrogen and oxygen atoms in total. The monoisotopic (exact) mass is 417 g/mol. The number of nitrogens with zero attached hydrogens (tertiary/aromatic N) is 1.